The van der Waals surface area contributed by atoms with E-state index < -0.39 is 0 Å². The van der Waals surface area contributed by atoms with Gasteiger partial charge in [0, 0.05) is 0 Å². The molecule has 0 radical (unpaired) electrons. The Bertz CT molecular complexity index is 730. The molecule has 0 amide bonds. The lowest BCUT2D eigenvalue weighted by Crippen LogP contribution is -1.89. The van der Waals surface area contributed by atoms with E-state index >= 15 is 0 Å². The number of aryl methyl sites for hydroxylation is 1. The highest BCUT2D eigenvalue weighted by molar-refractivity contribution is 6.31. The highest BCUT2D eigenvalue weighted by atomic mass is 35.5. The first-order valence-corrected chi connectivity index (χ1v) is 6.19. The minimum Gasteiger partial charge on any atom is -0.452 e. The maximum Gasteiger partial charge on any atom is 0.202 e. The number of furan rings is 1. The first-order valence-electron chi connectivity index (χ1n) is 5.81. The second-order valence-electron chi connectivity index (χ2n) is 4.34. The summed E-state index contributed by atoms with van der Waals surface area (Å²) in [5.74, 6) is 0.442. The van der Waals surface area contributed by atoms with Crippen LogP contribution in [0.4, 0.5) is 5.82 Å². The van der Waals surface area contributed by atoms with E-state index in [1.54, 1.807) is 6.07 Å². The zero-order valence-electron chi connectivity index (χ0n) is 10.3. The van der Waals surface area contributed by atoms with Crippen LogP contribution in [0.1, 0.15) is 5.56 Å². The van der Waals surface area contributed by atoms with Crippen molar-refractivity contribution in [3.63, 3.8) is 0 Å². The molecule has 0 aliphatic heterocycles. The predicted molar refractivity (Wildman–Crippen MR) is 75.9 cm³/mol. The number of nitrogen functional groups attached to an aromatic ring is 1. The van der Waals surface area contributed by atoms with Crippen LogP contribution in [-0.2, 0) is 0 Å². The van der Waals surface area contributed by atoms with Crippen LogP contribution >= 0.6 is 11.6 Å². The van der Waals surface area contributed by atoms with E-state index in [0.29, 0.717) is 11.0 Å². The molecule has 1 aromatic carbocycles. The van der Waals surface area contributed by atoms with Crippen LogP contribution in [0.15, 0.2) is 41.0 Å². The van der Waals surface area contributed by atoms with Crippen LogP contribution in [0.2, 0.25) is 5.22 Å². The van der Waals surface area contributed by atoms with Gasteiger partial charge in [0.25, 0.3) is 0 Å². The third-order valence-corrected chi connectivity index (χ3v) is 3.28. The fourth-order valence-electron chi connectivity index (χ4n) is 2.12. The van der Waals surface area contributed by atoms with E-state index in [-0.39, 0.29) is 0 Å². The Labute approximate surface area is 115 Å². The van der Waals surface area contributed by atoms with Crippen LogP contribution in [0.25, 0.3) is 22.4 Å². The summed E-state index contributed by atoms with van der Waals surface area (Å²) in [5.41, 5.74) is 10.5. The van der Waals surface area contributed by atoms with Gasteiger partial charge < -0.3 is 10.2 Å². The molecule has 0 saturated heterocycles. The van der Waals surface area contributed by atoms with Crippen LogP contribution in [0, 0.1) is 6.92 Å². The molecule has 0 saturated carbocycles. The fourth-order valence-corrected chi connectivity index (χ4v) is 2.33. The summed E-state index contributed by atoms with van der Waals surface area (Å²) < 4.78 is 5.12. The molecule has 0 aliphatic carbocycles. The number of aromatic amines is 1. The van der Waals surface area contributed by atoms with Gasteiger partial charge >= 0.3 is 0 Å². The average molecular weight is 274 g/mol. The van der Waals surface area contributed by atoms with Gasteiger partial charge in [0.05, 0.1) is 23.1 Å². The zero-order chi connectivity index (χ0) is 13.4. The Balaban J connectivity index is 2.22. The van der Waals surface area contributed by atoms with Gasteiger partial charge in [-0.15, -0.1) is 0 Å². The molecule has 0 aliphatic rings. The minimum absolute atomic E-state index is 0.317. The molecule has 0 unspecified atom stereocenters. The number of benzene rings is 1. The average Bonchev–Trinajstić information content (AvgIpc) is 2.95. The van der Waals surface area contributed by atoms with Gasteiger partial charge in [0.2, 0.25) is 5.22 Å². The number of aromatic nitrogens is 2. The molecule has 0 fully saturated rings. The van der Waals surface area contributed by atoms with Crippen molar-refractivity contribution in [1.82, 2.24) is 10.2 Å². The second kappa shape index (κ2) is 4.48. The SMILES string of the molecule is Cc1cccc(-c2c(N)n[nH]c2-c2ccoc2Cl)c1. The summed E-state index contributed by atoms with van der Waals surface area (Å²) >= 11 is 6.02. The van der Waals surface area contributed by atoms with Crippen molar-refractivity contribution in [2.75, 3.05) is 5.73 Å². The molecule has 96 valence electrons. The van der Waals surface area contributed by atoms with Crippen molar-refractivity contribution in [2.45, 2.75) is 6.92 Å². The fraction of sp³-hybridized carbons (Fsp3) is 0.0714. The zero-order valence-corrected chi connectivity index (χ0v) is 11.0. The molecule has 4 nitrogen and oxygen atoms in total. The predicted octanol–water partition coefficient (Wildman–Crippen LogP) is 3.88. The van der Waals surface area contributed by atoms with Crippen LogP contribution in [-0.4, -0.2) is 10.2 Å². The smallest absolute Gasteiger partial charge is 0.202 e. The molecule has 0 bridgehead atoms. The van der Waals surface area contributed by atoms with Crippen molar-refractivity contribution in [2.24, 2.45) is 0 Å². The number of anilines is 1. The third-order valence-electron chi connectivity index (χ3n) is 2.99. The molecule has 2 aromatic heterocycles. The minimum atomic E-state index is 0.317. The van der Waals surface area contributed by atoms with Gasteiger partial charge in [0.1, 0.15) is 0 Å². The molecule has 0 spiro atoms. The van der Waals surface area contributed by atoms with E-state index in [1.165, 1.54) is 6.26 Å². The molecule has 0 atom stereocenters. The quantitative estimate of drug-likeness (QED) is 0.744. The van der Waals surface area contributed by atoms with Crippen molar-refractivity contribution < 1.29 is 4.42 Å². The third kappa shape index (κ3) is 2.00. The summed E-state index contributed by atoms with van der Waals surface area (Å²) in [5, 5.41) is 7.31. The largest absolute Gasteiger partial charge is 0.452 e. The molecule has 5 heteroatoms. The number of rotatable bonds is 2. The van der Waals surface area contributed by atoms with E-state index in [0.717, 1.165) is 27.9 Å². The summed E-state index contributed by atoms with van der Waals surface area (Å²) in [6.07, 6.45) is 1.54. The lowest BCUT2D eigenvalue weighted by atomic mass is 10.0. The van der Waals surface area contributed by atoms with Gasteiger partial charge in [-0.3, -0.25) is 5.10 Å². The monoisotopic (exact) mass is 273 g/mol. The second-order valence-corrected chi connectivity index (χ2v) is 4.68. The Morgan fingerprint density at radius 1 is 1.32 bits per heavy atom. The molecule has 19 heavy (non-hydrogen) atoms. The number of nitrogens with two attached hydrogens (primary N) is 1. The van der Waals surface area contributed by atoms with E-state index in [4.69, 9.17) is 21.8 Å². The van der Waals surface area contributed by atoms with Crippen molar-refractivity contribution in [1.29, 1.82) is 0 Å². The first-order chi connectivity index (χ1) is 9.16. The highest BCUT2D eigenvalue weighted by Crippen LogP contribution is 2.38. The molecule has 3 aromatic rings. The lowest BCUT2D eigenvalue weighted by Gasteiger charge is -2.04. The number of hydrogen-bond acceptors (Lipinski definition) is 3. The number of nitrogens with zero attached hydrogens (tertiary/aromatic N) is 1. The van der Waals surface area contributed by atoms with Gasteiger partial charge in [0.15, 0.2) is 5.82 Å². The Morgan fingerprint density at radius 2 is 2.16 bits per heavy atom. The van der Waals surface area contributed by atoms with Gasteiger partial charge in [-0.25, -0.2) is 0 Å². The summed E-state index contributed by atoms with van der Waals surface area (Å²) in [6.45, 7) is 2.03. The first kappa shape index (κ1) is 11.9. The maximum absolute atomic E-state index is 6.02. The molecular formula is C14H12ClN3O. The molecule has 3 N–H and O–H groups in total. The number of nitrogens with one attached hydrogen (secondary N) is 1. The molecule has 2 heterocycles. The van der Waals surface area contributed by atoms with Crippen molar-refractivity contribution >= 4 is 17.4 Å². The molecule has 3 rings (SSSR count). The maximum atomic E-state index is 6.02. The number of hydrogen-bond donors (Lipinski definition) is 2. The number of H-pyrrole nitrogens is 1. The van der Waals surface area contributed by atoms with E-state index in [9.17, 15) is 0 Å². The summed E-state index contributed by atoms with van der Waals surface area (Å²) in [7, 11) is 0. The summed E-state index contributed by atoms with van der Waals surface area (Å²) in [6, 6.07) is 9.85. The van der Waals surface area contributed by atoms with Crippen molar-refractivity contribution in [3.05, 3.63) is 47.4 Å². The standard InChI is InChI=1S/C14H12ClN3O/c1-8-3-2-4-9(7-8)11-12(17-18-14(11)16)10-5-6-19-13(10)15/h2-7H,1H3,(H3,16,17,18). The summed E-state index contributed by atoms with van der Waals surface area (Å²) in [4.78, 5) is 0. The number of halogens is 1. The van der Waals surface area contributed by atoms with E-state index in [1.807, 2.05) is 25.1 Å². The molecular weight excluding hydrogens is 262 g/mol. The van der Waals surface area contributed by atoms with Crippen molar-refractivity contribution in [3.8, 4) is 22.4 Å². The Morgan fingerprint density at radius 3 is 2.84 bits per heavy atom. The normalized spacial score (nSPS) is 10.8. The van der Waals surface area contributed by atoms with Gasteiger partial charge in [-0.2, -0.15) is 5.10 Å². The van der Waals surface area contributed by atoms with Crippen LogP contribution in [0.3, 0.4) is 0 Å². The Hall–Kier alpha value is -2.20. The van der Waals surface area contributed by atoms with Crippen LogP contribution in [0.5, 0.6) is 0 Å². The van der Waals surface area contributed by atoms with Gasteiger partial charge in [-0.05, 0) is 30.2 Å². The van der Waals surface area contributed by atoms with Crippen LogP contribution < -0.4 is 5.73 Å². The topological polar surface area (TPSA) is 67.8 Å². The Kier molecular flexibility index (Phi) is 2.80. The lowest BCUT2D eigenvalue weighted by molar-refractivity contribution is 0.570. The van der Waals surface area contributed by atoms with Gasteiger partial charge in [-0.1, -0.05) is 29.8 Å². The highest BCUT2D eigenvalue weighted by Gasteiger charge is 2.18. The van der Waals surface area contributed by atoms with E-state index in [2.05, 4.69) is 16.3 Å².